The van der Waals surface area contributed by atoms with Gasteiger partial charge in [0.15, 0.2) is 0 Å². The second-order valence-electron chi connectivity index (χ2n) is 6.10. The first-order valence-electron chi connectivity index (χ1n) is 8.13. The van der Waals surface area contributed by atoms with Crippen LogP contribution < -0.4 is 5.32 Å². The van der Waals surface area contributed by atoms with Gasteiger partial charge in [-0.25, -0.2) is 4.68 Å². The van der Waals surface area contributed by atoms with Crippen LogP contribution in [0.5, 0.6) is 5.75 Å². The SMILES string of the molecule is O=C(Cc1ccc(-n2cnnn2)cc1)NC1CCc2c(O)cccc21. The van der Waals surface area contributed by atoms with Crippen molar-refractivity contribution in [3.63, 3.8) is 0 Å². The number of rotatable bonds is 4. The lowest BCUT2D eigenvalue weighted by Gasteiger charge is -2.14. The predicted octanol–water partition coefficient (Wildman–Crippen LogP) is 1.71. The topological polar surface area (TPSA) is 92.9 Å². The third kappa shape index (κ3) is 3.08. The zero-order valence-electron chi connectivity index (χ0n) is 13.5. The number of hydrogen-bond acceptors (Lipinski definition) is 5. The van der Waals surface area contributed by atoms with Gasteiger partial charge in [0.2, 0.25) is 5.91 Å². The number of fused-ring (bicyclic) bond motifs is 1. The lowest BCUT2D eigenvalue weighted by Crippen LogP contribution is -2.28. The fourth-order valence-corrected chi connectivity index (χ4v) is 3.26. The van der Waals surface area contributed by atoms with E-state index in [-0.39, 0.29) is 11.9 Å². The average molecular weight is 335 g/mol. The molecule has 4 rings (SSSR count). The minimum absolute atomic E-state index is 0.0311. The summed E-state index contributed by atoms with van der Waals surface area (Å²) in [7, 11) is 0. The van der Waals surface area contributed by atoms with Crippen molar-refractivity contribution in [2.24, 2.45) is 0 Å². The molecule has 1 aromatic heterocycles. The van der Waals surface area contributed by atoms with Gasteiger partial charge >= 0.3 is 0 Å². The lowest BCUT2D eigenvalue weighted by atomic mass is 10.1. The summed E-state index contributed by atoms with van der Waals surface area (Å²) in [5.74, 6) is 0.281. The molecule has 3 aromatic rings. The van der Waals surface area contributed by atoms with Gasteiger partial charge in [-0.1, -0.05) is 24.3 Å². The summed E-state index contributed by atoms with van der Waals surface area (Å²) in [5.41, 5.74) is 3.72. The van der Waals surface area contributed by atoms with Crippen LogP contribution in [0.15, 0.2) is 48.8 Å². The summed E-state index contributed by atoms with van der Waals surface area (Å²) in [6.07, 6.45) is 3.43. The monoisotopic (exact) mass is 335 g/mol. The highest BCUT2D eigenvalue weighted by molar-refractivity contribution is 5.79. The summed E-state index contributed by atoms with van der Waals surface area (Å²) in [6, 6.07) is 13.0. The van der Waals surface area contributed by atoms with Crippen molar-refractivity contribution < 1.29 is 9.90 Å². The standard InChI is InChI=1S/C18H17N5O2/c24-17-3-1-2-14-15(17)8-9-16(14)20-18(25)10-12-4-6-13(7-5-12)23-11-19-21-22-23/h1-7,11,16,24H,8-10H2,(H,20,25). The van der Waals surface area contributed by atoms with Crippen LogP contribution in [0.4, 0.5) is 0 Å². The van der Waals surface area contributed by atoms with Gasteiger partial charge < -0.3 is 10.4 Å². The number of phenols is 1. The van der Waals surface area contributed by atoms with Crippen molar-refractivity contribution in [3.8, 4) is 11.4 Å². The van der Waals surface area contributed by atoms with Gasteiger partial charge in [0, 0.05) is 0 Å². The first-order chi connectivity index (χ1) is 12.2. The van der Waals surface area contributed by atoms with E-state index in [4.69, 9.17) is 0 Å². The highest BCUT2D eigenvalue weighted by Crippen LogP contribution is 2.36. The summed E-state index contributed by atoms with van der Waals surface area (Å²) in [6.45, 7) is 0. The smallest absolute Gasteiger partial charge is 0.224 e. The van der Waals surface area contributed by atoms with Crippen LogP contribution in [0.1, 0.15) is 29.2 Å². The largest absolute Gasteiger partial charge is 0.508 e. The molecule has 7 nitrogen and oxygen atoms in total. The molecular formula is C18H17N5O2. The molecular weight excluding hydrogens is 318 g/mol. The van der Waals surface area contributed by atoms with Crippen molar-refractivity contribution in [2.75, 3.05) is 0 Å². The molecule has 0 saturated heterocycles. The molecule has 0 aliphatic heterocycles. The van der Waals surface area contributed by atoms with E-state index in [2.05, 4.69) is 20.8 Å². The Morgan fingerprint density at radius 3 is 2.84 bits per heavy atom. The molecule has 25 heavy (non-hydrogen) atoms. The van der Waals surface area contributed by atoms with E-state index in [0.29, 0.717) is 12.2 Å². The second-order valence-corrected chi connectivity index (χ2v) is 6.10. The molecule has 0 radical (unpaired) electrons. The number of nitrogens with zero attached hydrogens (tertiary/aromatic N) is 4. The third-order valence-electron chi connectivity index (χ3n) is 4.50. The zero-order chi connectivity index (χ0) is 17.2. The predicted molar refractivity (Wildman–Crippen MR) is 90.2 cm³/mol. The van der Waals surface area contributed by atoms with Gasteiger partial charge in [0.1, 0.15) is 12.1 Å². The second kappa shape index (κ2) is 6.35. The molecule has 0 fully saturated rings. The van der Waals surface area contributed by atoms with Crippen molar-refractivity contribution in [2.45, 2.75) is 25.3 Å². The molecule has 7 heteroatoms. The van der Waals surface area contributed by atoms with Crippen molar-refractivity contribution >= 4 is 5.91 Å². The Morgan fingerprint density at radius 2 is 2.08 bits per heavy atom. The summed E-state index contributed by atoms with van der Waals surface area (Å²) in [5, 5.41) is 24.0. The molecule has 2 aromatic carbocycles. The Hall–Kier alpha value is -3.22. The number of carbonyl (C=O) groups is 1. The molecule has 1 unspecified atom stereocenters. The molecule has 0 spiro atoms. The van der Waals surface area contributed by atoms with E-state index < -0.39 is 0 Å². The van der Waals surface area contributed by atoms with Crippen LogP contribution in [0.25, 0.3) is 5.69 Å². The minimum Gasteiger partial charge on any atom is -0.508 e. The number of amides is 1. The van der Waals surface area contributed by atoms with Crippen LogP contribution in [0.2, 0.25) is 0 Å². The average Bonchev–Trinajstić information content (AvgIpc) is 3.27. The number of aromatic nitrogens is 4. The maximum atomic E-state index is 12.4. The minimum atomic E-state index is -0.0323. The molecule has 1 atom stereocenters. The molecule has 1 amide bonds. The van der Waals surface area contributed by atoms with Gasteiger partial charge in [-0.3, -0.25) is 4.79 Å². The maximum absolute atomic E-state index is 12.4. The third-order valence-corrected chi connectivity index (χ3v) is 4.50. The van der Waals surface area contributed by atoms with Crippen molar-refractivity contribution in [3.05, 3.63) is 65.5 Å². The van der Waals surface area contributed by atoms with Gasteiger partial charge in [-0.15, -0.1) is 5.10 Å². The summed E-state index contributed by atoms with van der Waals surface area (Å²) in [4.78, 5) is 12.4. The maximum Gasteiger partial charge on any atom is 0.224 e. The fourth-order valence-electron chi connectivity index (χ4n) is 3.26. The van der Waals surface area contributed by atoms with Gasteiger partial charge in [0.25, 0.3) is 0 Å². The number of phenolic OH excluding ortho intramolecular Hbond substituents is 1. The Bertz CT molecular complexity index is 890. The van der Waals surface area contributed by atoms with Crippen LogP contribution in [-0.4, -0.2) is 31.2 Å². The first kappa shape index (κ1) is 15.3. The van der Waals surface area contributed by atoms with E-state index in [1.54, 1.807) is 10.7 Å². The van der Waals surface area contributed by atoms with Crippen LogP contribution in [-0.2, 0) is 17.6 Å². The normalized spacial score (nSPS) is 15.8. The first-order valence-corrected chi connectivity index (χ1v) is 8.13. The Morgan fingerprint density at radius 1 is 1.24 bits per heavy atom. The summed E-state index contributed by atoms with van der Waals surface area (Å²) < 4.78 is 1.56. The quantitative estimate of drug-likeness (QED) is 0.757. The fraction of sp³-hybridized carbons (Fsp3) is 0.222. The van der Waals surface area contributed by atoms with E-state index in [0.717, 1.165) is 35.2 Å². The lowest BCUT2D eigenvalue weighted by molar-refractivity contribution is -0.121. The molecule has 0 bridgehead atoms. The van der Waals surface area contributed by atoms with E-state index >= 15 is 0 Å². The number of aromatic hydroxyl groups is 1. The van der Waals surface area contributed by atoms with Gasteiger partial charge in [-0.2, -0.15) is 0 Å². The Kier molecular flexibility index (Phi) is 3.89. The van der Waals surface area contributed by atoms with E-state index in [1.165, 1.54) is 6.33 Å². The molecule has 126 valence electrons. The number of hydrogen-bond donors (Lipinski definition) is 2. The summed E-state index contributed by atoms with van der Waals surface area (Å²) >= 11 is 0. The molecule has 1 heterocycles. The Balaban J connectivity index is 1.41. The van der Waals surface area contributed by atoms with Crippen LogP contribution in [0.3, 0.4) is 0 Å². The van der Waals surface area contributed by atoms with Crippen molar-refractivity contribution in [1.82, 2.24) is 25.5 Å². The highest BCUT2D eigenvalue weighted by atomic mass is 16.3. The molecule has 0 saturated carbocycles. The van der Waals surface area contributed by atoms with Crippen molar-refractivity contribution in [1.29, 1.82) is 0 Å². The van der Waals surface area contributed by atoms with E-state index in [9.17, 15) is 9.90 Å². The van der Waals surface area contributed by atoms with Gasteiger partial charge in [0.05, 0.1) is 18.2 Å². The number of nitrogens with one attached hydrogen (secondary N) is 1. The molecule has 1 aliphatic carbocycles. The van der Waals surface area contributed by atoms with Gasteiger partial charge in [-0.05, 0) is 58.2 Å². The molecule has 1 aliphatic rings. The van der Waals surface area contributed by atoms with E-state index in [1.807, 2.05) is 36.4 Å². The van der Waals surface area contributed by atoms with Crippen LogP contribution in [0, 0.1) is 0 Å². The Labute approximate surface area is 144 Å². The zero-order valence-corrected chi connectivity index (χ0v) is 13.5. The highest BCUT2D eigenvalue weighted by Gasteiger charge is 2.25. The number of carbonyl (C=O) groups excluding carboxylic acids is 1. The molecule has 2 N–H and O–H groups in total. The van der Waals surface area contributed by atoms with Crippen LogP contribution >= 0.6 is 0 Å². The number of tetrazole rings is 1. The number of benzene rings is 2.